The molecule has 1 N–H and O–H groups in total. The van der Waals surface area contributed by atoms with Crippen molar-refractivity contribution in [1.82, 2.24) is 4.98 Å². The molecule has 0 aliphatic rings. The van der Waals surface area contributed by atoms with Crippen LogP contribution in [-0.4, -0.2) is 4.98 Å². The molecule has 0 saturated carbocycles. The van der Waals surface area contributed by atoms with E-state index in [9.17, 15) is 0 Å². The summed E-state index contributed by atoms with van der Waals surface area (Å²) in [5, 5.41) is 0. The van der Waals surface area contributed by atoms with Crippen LogP contribution in [0.3, 0.4) is 0 Å². The van der Waals surface area contributed by atoms with Crippen LogP contribution in [0.4, 0.5) is 0 Å². The summed E-state index contributed by atoms with van der Waals surface area (Å²) < 4.78 is 2.32. The van der Waals surface area contributed by atoms with Crippen LogP contribution in [0.1, 0.15) is 186 Å². The third kappa shape index (κ3) is 17.6. The van der Waals surface area contributed by atoms with Gasteiger partial charge in [-0.05, 0) is 12.8 Å². The molecule has 1 rings (SSSR count). The Bertz CT molecular complexity index is 521. The zero-order chi connectivity index (χ0) is 24.5. The molecule has 0 fully saturated rings. The zero-order valence-electron chi connectivity index (χ0n) is 23.9. The van der Waals surface area contributed by atoms with Gasteiger partial charge in [-0.25, -0.2) is 9.55 Å². The van der Waals surface area contributed by atoms with Gasteiger partial charge < -0.3 is 0 Å². The van der Waals surface area contributed by atoms with E-state index in [1.54, 1.807) is 0 Å². The van der Waals surface area contributed by atoms with Gasteiger partial charge in [-0.15, -0.1) is 0 Å². The first-order valence-electron chi connectivity index (χ1n) is 15.8. The summed E-state index contributed by atoms with van der Waals surface area (Å²) in [6.45, 7) is 4.61. The maximum atomic E-state index is 3.54. The number of imidazole rings is 1. The van der Waals surface area contributed by atoms with Gasteiger partial charge in [-0.1, -0.05) is 162 Å². The van der Waals surface area contributed by atoms with Gasteiger partial charge in [0.2, 0.25) is 0 Å². The third-order valence-corrected chi connectivity index (χ3v) is 7.86. The second-order valence-electron chi connectivity index (χ2n) is 11.2. The Balaban J connectivity index is 1.99. The van der Waals surface area contributed by atoms with Crippen LogP contribution in [0, 0.1) is 0 Å². The summed E-state index contributed by atoms with van der Waals surface area (Å²) in [5.41, 5.74) is 0. The molecule has 1 aromatic heterocycles. The summed E-state index contributed by atoms with van der Waals surface area (Å²) in [6.07, 6.45) is 40.1. The molecule has 1 heterocycles. The smallest absolute Gasteiger partial charge is 0.247 e. The molecule has 0 spiro atoms. The van der Waals surface area contributed by atoms with Gasteiger partial charge in [0, 0.05) is 0 Å². The number of aromatic amines is 1. The predicted octanol–water partition coefficient (Wildman–Crippen LogP) is 10.7. The molecule has 0 aliphatic carbocycles. The Hall–Kier alpha value is -0.790. The molecule has 2 heteroatoms. The summed E-state index contributed by atoms with van der Waals surface area (Å²) in [4.78, 5) is 3.54. The van der Waals surface area contributed by atoms with E-state index in [1.807, 2.05) is 0 Å². The number of H-pyrrole nitrogens is 1. The Kier molecular flexibility index (Phi) is 22.0. The molecular formula is C32H63N2+. The molecule has 0 radical (unpaired) electrons. The lowest BCUT2D eigenvalue weighted by Crippen LogP contribution is -2.32. The number of rotatable bonds is 26. The van der Waals surface area contributed by atoms with Crippen LogP contribution >= 0.6 is 0 Å². The lowest BCUT2D eigenvalue weighted by Gasteiger charge is -2.13. The standard InChI is InChI=1S/C32H62N2/c1-4-6-8-10-12-13-14-15-16-17-18-19-20-22-24-26-28-31(32-33-29-30-34(32)3)27-25-23-21-11-9-7-5-2/h29-31H,4-28H2,1-3H3/p+1/t31-/m0/s1. The zero-order valence-corrected chi connectivity index (χ0v) is 23.9. The number of aryl methyl sites for hydroxylation is 1. The van der Waals surface area contributed by atoms with Crippen molar-refractivity contribution < 1.29 is 4.57 Å². The first kappa shape index (κ1) is 31.2. The average Bonchev–Trinajstić information content (AvgIpc) is 3.27. The van der Waals surface area contributed by atoms with Gasteiger partial charge in [0.1, 0.15) is 12.4 Å². The van der Waals surface area contributed by atoms with Gasteiger partial charge in [0.25, 0.3) is 5.82 Å². The lowest BCUT2D eigenvalue weighted by atomic mass is 9.93. The van der Waals surface area contributed by atoms with Crippen molar-refractivity contribution in [2.24, 2.45) is 7.05 Å². The Labute approximate surface area is 215 Å². The Morgan fingerprint density at radius 1 is 0.529 bits per heavy atom. The summed E-state index contributed by atoms with van der Waals surface area (Å²) >= 11 is 0. The van der Waals surface area contributed by atoms with Gasteiger partial charge in [-0.3, -0.25) is 0 Å². The molecule has 34 heavy (non-hydrogen) atoms. The van der Waals surface area contributed by atoms with Crippen molar-refractivity contribution in [3.05, 3.63) is 18.2 Å². The lowest BCUT2D eigenvalue weighted by molar-refractivity contribution is -0.679. The minimum Gasteiger partial charge on any atom is -0.247 e. The average molecular weight is 476 g/mol. The minimum absolute atomic E-state index is 0.724. The molecular weight excluding hydrogens is 412 g/mol. The molecule has 0 aromatic carbocycles. The maximum Gasteiger partial charge on any atom is 0.257 e. The van der Waals surface area contributed by atoms with E-state index in [1.165, 1.54) is 166 Å². The normalized spacial score (nSPS) is 12.4. The van der Waals surface area contributed by atoms with Crippen molar-refractivity contribution in [2.75, 3.05) is 0 Å². The van der Waals surface area contributed by atoms with Gasteiger partial charge >= 0.3 is 0 Å². The van der Waals surface area contributed by atoms with Crippen molar-refractivity contribution in [3.8, 4) is 0 Å². The quantitative estimate of drug-likeness (QED) is 0.101. The van der Waals surface area contributed by atoms with E-state index in [-0.39, 0.29) is 0 Å². The monoisotopic (exact) mass is 475 g/mol. The van der Waals surface area contributed by atoms with Crippen molar-refractivity contribution >= 4 is 0 Å². The molecule has 1 aromatic rings. The number of unbranched alkanes of at least 4 members (excludes halogenated alkanes) is 21. The number of hydrogen-bond acceptors (Lipinski definition) is 0. The van der Waals surface area contributed by atoms with Crippen LogP contribution in [0.5, 0.6) is 0 Å². The molecule has 200 valence electrons. The minimum atomic E-state index is 0.724. The van der Waals surface area contributed by atoms with Crippen molar-refractivity contribution in [1.29, 1.82) is 0 Å². The summed E-state index contributed by atoms with van der Waals surface area (Å²) in [5.74, 6) is 2.18. The first-order chi connectivity index (χ1) is 16.8. The van der Waals surface area contributed by atoms with Crippen LogP contribution in [0.2, 0.25) is 0 Å². The topological polar surface area (TPSA) is 19.7 Å². The highest BCUT2D eigenvalue weighted by atomic mass is 15.0. The highest BCUT2D eigenvalue weighted by molar-refractivity contribution is 4.89. The Morgan fingerprint density at radius 3 is 1.15 bits per heavy atom. The molecule has 0 amide bonds. The molecule has 0 saturated heterocycles. The van der Waals surface area contributed by atoms with E-state index >= 15 is 0 Å². The SMILES string of the molecule is CCCCCCCCCCCCCCCCCC[C@H](CCCCCCCCC)c1[nH]cc[n+]1C. The first-order valence-corrected chi connectivity index (χ1v) is 15.8. The number of nitrogens with zero attached hydrogens (tertiary/aromatic N) is 1. The fourth-order valence-electron chi connectivity index (χ4n) is 5.53. The van der Waals surface area contributed by atoms with Crippen LogP contribution < -0.4 is 4.57 Å². The van der Waals surface area contributed by atoms with Crippen LogP contribution in [0.15, 0.2) is 12.4 Å². The second kappa shape index (κ2) is 23.9. The number of hydrogen-bond donors (Lipinski definition) is 1. The maximum absolute atomic E-state index is 3.54. The molecule has 0 unspecified atom stereocenters. The predicted molar refractivity (Wildman–Crippen MR) is 151 cm³/mol. The number of aromatic nitrogens is 2. The highest BCUT2D eigenvalue weighted by Crippen LogP contribution is 2.26. The van der Waals surface area contributed by atoms with E-state index < -0.39 is 0 Å². The molecule has 1 atom stereocenters. The molecule has 0 bridgehead atoms. The van der Waals surface area contributed by atoms with Gasteiger partial charge in [0.05, 0.1) is 13.0 Å². The van der Waals surface area contributed by atoms with E-state index in [4.69, 9.17) is 0 Å². The van der Waals surface area contributed by atoms with Gasteiger partial charge in [0.15, 0.2) is 0 Å². The Morgan fingerprint density at radius 2 is 0.853 bits per heavy atom. The van der Waals surface area contributed by atoms with E-state index in [2.05, 4.69) is 42.8 Å². The van der Waals surface area contributed by atoms with Crippen molar-refractivity contribution in [3.63, 3.8) is 0 Å². The highest BCUT2D eigenvalue weighted by Gasteiger charge is 2.20. The van der Waals surface area contributed by atoms with Crippen LogP contribution in [-0.2, 0) is 7.05 Å². The van der Waals surface area contributed by atoms with Gasteiger partial charge in [-0.2, -0.15) is 0 Å². The molecule has 0 aliphatic heterocycles. The summed E-state index contributed by atoms with van der Waals surface area (Å²) in [7, 11) is 2.21. The van der Waals surface area contributed by atoms with Crippen molar-refractivity contribution in [2.45, 2.75) is 180 Å². The third-order valence-electron chi connectivity index (χ3n) is 7.86. The fourth-order valence-corrected chi connectivity index (χ4v) is 5.53. The second-order valence-corrected chi connectivity index (χ2v) is 11.2. The fraction of sp³-hybridized carbons (Fsp3) is 0.906. The van der Waals surface area contributed by atoms with E-state index in [0.29, 0.717) is 0 Å². The largest absolute Gasteiger partial charge is 0.257 e. The van der Waals surface area contributed by atoms with Crippen LogP contribution in [0.25, 0.3) is 0 Å². The molecule has 2 nitrogen and oxygen atoms in total. The van der Waals surface area contributed by atoms with E-state index in [0.717, 1.165) is 5.92 Å². The summed E-state index contributed by atoms with van der Waals surface area (Å²) in [6, 6.07) is 0. The number of nitrogens with one attached hydrogen (secondary N) is 1.